The summed E-state index contributed by atoms with van der Waals surface area (Å²) >= 11 is 1.96. The van der Waals surface area contributed by atoms with Gasteiger partial charge >= 0.3 is 0 Å². The molecule has 1 aromatic heterocycles. The minimum absolute atomic E-state index is 0.0555. The SMILES string of the molecule is COc1nccc(I)c1C(=O)N1CCC(F)(F)C1. The third-order valence-corrected chi connectivity index (χ3v) is 3.63. The molecular formula is C11H11F2IN2O2. The quantitative estimate of drug-likeness (QED) is 0.752. The van der Waals surface area contributed by atoms with E-state index in [1.807, 2.05) is 22.6 Å². The maximum atomic E-state index is 13.1. The molecule has 98 valence electrons. The van der Waals surface area contributed by atoms with Gasteiger partial charge < -0.3 is 9.64 Å². The Kier molecular flexibility index (Phi) is 3.69. The lowest BCUT2D eigenvalue weighted by Crippen LogP contribution is -2.32. The molecule has 4 nitrogen and oxygen atoms in total. The van der Waals surface area contributed by atoms with E-state index in [9.17, 15) is 13.6 Å². The van der Waals surface area contributed by atoms with E-state index in [1.54, 1.807) is 6.07 Å². The number of halogens is 3. The average Bonchev–Trinajstić information content (AvgIpc) is 2.68. The number of carbonyl (C=O) groups is 1. The molecule has 1 amide bonds. The first-order valence-electron chi connectivity index (χ1n) is 5.30. The number of carbonyl (C=O) groups excluding carboxylic acids is 1. The number of likely N-dealkylation sites (tertiary alicyclic amines) is 1. The first-order valence-corrected chi connectivity index (χ1v) is 6.38. The Hall–Kier alpha value is -0.990. The van der Waals surface area contributed by atoms with Crippen LogP contribution in [0.4, 0.5) is 8.78 Å². The summed E-state index contributed by atoms with van der Waals surface area (Å²) in [5, 5.41) is 0. The van der Waals surface area contributed by atoms with Gasteiger partial charge in [0.1, 0.15) is 5.56 Å². The Morgan fingerprint density at radius 3 is 2.89 bits per heavy atom. The molecule has 2 heterocycles. The van der Waals surface area contributed by atoms with Crippen molar-refractivity contribution in [1.29, 1.82) is 0 Å². The lowest BCUT2D eigenvalue weighted by molar-refractivity contribution is 0.0119. The number of pyridine rings is 1. The molecule has 0 spiro atoms. The van der Waals surface area contributed by atoms with Gasteiger partial charge in [0, 0.05) is 22.7 Å². The van der Waals surface area contributed by atoms with Gasteiger partial charge in [0.25, 0.3) is 11.8 Å². The Balaban J connectivity index is 2.30. The van der Waals surface area contributed by atoms with E-state index >= 15 is 0 Å². The molecule has 1 saturated heterocycles. The molecule has 1 aliphatic heterocycles. The molecule has 0 atom stereocenters. The zero-order valence-corrected chi connectivity index (χ0v) is 11.8. The zero-order valence-electron chi connectivity index (χ0n) is 9.62. The summed E-state index contributed by atoms with van der Waals surface area (Å²) in [6.45, 7) is -0.486. The predicted octanol–water partition coefficient (Wildman–Crippen LogP) is 2.18. The highest BCUT2D eigenvalue weighted by Gasteiger charge is 2.41. The number of amides is 1. The van der Waals surface area contributed by atoms with Gasteiger partial charge in [0.2, 0.25) is 5.88 Å². The van der Waals surface area contributed by atoms with Gasteiger partial charge in [-0.2, -0.15) is 0 Å². The van der Waals surface area contributed by atoms with E-state index in [0.29, 0.717) is 3.57 Å². The van der Waals surface area contributed by atoms with Crippen molar-refractivity contribution in [3.63, 3.8) is 0 Å². The Bertz CT molecular complexity index is 482. The maximum absolute atomic E-state index is 13.1. The Morgan fingerprint density at radius 1 is 1.61 bits per heavy atom. The van der Waals surface area contributed by atoms with Gasteiger partial charge in [-0.1, -0.05) is 0 Å². The number of aromatic nitrogens is 1. The van der Waals surface area contributed by atoms with E-state index in [0.717, 1.165) is 4.90 Å². The lowest BCUT2D eigenvalue weighted by atomic mass is 10.2. The number of hydrogen-bond acceptors (Lipinski definition) is 3. The van der Waals surface area contributed by atoms with Crippen molar-refractivity contribution in [2.45, 2.75) is 12.3 Å². The van der Waals surface area contributed by atoms with E-state index in [1.165, 1.54) is 13.3 Å². The molecule has 0 saturated carbocycles. The summed E-state index contributed by atoms with van der Waals surface area (Å²) in [5.74, 6) is -3.08. The number of ether oxygens (including phenoxy) is 1. The van der Waals surface area contributed by atoms with Crippen molar-refractivity contribution in [2.24, 2.45) is 0 Å². The number of hydrogen-bond donors (Lipinski definition) is 0. The second-order valence-electron chi connectivity index (χ2n) is 4.01. The van der Waals surface area contributed by atoms with Crippen LogP contribution in [0, 0.1) is 3.57 Å². The highest BCUT2D eigenvalue weighted by molar-refractivity contribution is 14.1. The summed E-state index contributed by atoms with van der Waals surface area (Å²) in [6.07, 6.45) is 1.22. The number of methoxy groups -OCH3 is 1. The normalized spacial score (nSPS) is 17.9. The van der Waals surface area contributed by atoms with Crippen LogP contribution in [-0.2, 0) is 0 Å². The molecule has 0 bridgehead atoms. The topological polar surface area (TPSA) is 42.4 Å². The standard InChI is InChI=1S/C11H11F2IN2O2/c1-18-9-8(7(14)2-4-15-9)10(17)16-5-3-11(12,13)6-16/h2,4H,3,5-6H2,1H3. The van der Waals surface area contributed by atoms with Crippen LogP contribution in [0.3, 0.4) is 0 Å². The second kappa shape index (κ2) is 4.94. The van der Waals surface area contributed by atoms with E-state index in [2.05, 4.69) is 4.98 Å². The molecule has 1 aromatic rings. The Labute approximate surface area is 116 Å². The summed E-state index contributed by atoms with van der Waals surface area (Å²) in [7, 11) is 1.40. The molecule has 0 aliphatic carbocycles. The second-order valence-corrected chi connectivity index (χ2v) is 5.17. The molecule has 0 N–H and O–H groups in total. The van der Waals surface area contributed by atoms with Crippen molar-refractivity contribution in [1.82, 2.24) is 9.88 Å². The summed E-state index contributed by atoms with van der Waals surface area (Å²) in [4.78, 5) is 17.3. The third-order valence-electron chi connectivity index (χ3n) is 2.73. The molecular weight excluding hydrogens is 357 g/mol. The van der Waals surface area contributed by atoms with E-state index in [-0.39, 0.29) is 24.4 Å². The lowest BCUT2D eigenvalue weighted by Gasteiger charge is -2.18. The molecule has 1 aliphatic rings. The van der Waals surface area contributed by atoms with E-state index < -0.39 is 18.4 Å². The van der Waals surface area contributed by atoms with Crippen molar-refractivity contribution in [3.05, 3.63) is 21.4 Å². The zero-order chi connectivity index (χ0) is 13.3. The molecule has 7 heteroatoms. The third kappa shape index (κ3) is 2.55. The molecule has 0 unspecified atom stereocenters. The smallest absolute Gasteiger partial charge is 0.267 e. The van der Waals surface area contributed by atoms with Crippen molar-refractivity contribution in [3.8, 4) is 5.88 Å². The summed E-state index contributed by atoms with van der Waals surface area (Å²) < 4.78 is 31.9. The van der Waals surface area contributed by atoms with Crippen LogP contribution in [-0.4, -0.2) is 41.9 Å². The van der Waals surface area contributed by atoms with Gasteiger partial charge in [0.05, 0.1) is 13.7 Å². The van der Waals surface area contributed by atoms with Gasteiger partial charge in [-0.3, -0.25) is 4.79 Å². The minimum Gasteiger partial charge on any atom is -0.480 e. The molecule has 0 aromatic carbocycles. The van der Waals surface area contributed by atoms with Crippen LogP contribution in [0.25, 0.3) is 0 Å². The van der Waals surface area contributed by atoms with Crippen LogP contribution in [0.1, 0.15) is 16.8 Å². The molecule has 0 radical (unpaired) electrons. The van der Waals surface area contributed by atoms with Crippen LogP contribution in [0.2, 0.25) is 0 Å². The fourth-order valence-corrected chi connectivity index (χ4v) is 2.46. The van der Waals surface area contributed by atoms with Gasteiger partial charge in [0.15, 0.2) is 0 Å². The van der Waals surface area contributed by atoms with Crippen LogP contribution in [0.15, 0.2) is 12.3 Å². The predicted molar refractivity (Wildman–Crippen MR) is 69.0 cm³/mol. The largest absolute Gasteiger partial charge is 0.480 e. The summed E-state index contributed by atoms with van der Waals surface area (Å²) in [5.41, 5.74) is 0.248. The van der Waals surface area contributed by atoms with Crippen LogP contribution in [0.5, 0.6) is 5.88 Å². The van der Waals surface area contributed by atoms with Gasteiger partial charge in [-0.25, -0.2) is 13.8 Å². The highest BCUT2D eigenvalue weighted by Crippen LogP contribution is 2.30. The first-order chi connectivity index (χ1) is 8.44. The van der Waals surface area contributed by atoms with Gasteiger partial charge in [-0.05, 0) is 28.7 Å². The highest BCUT2D eigenvalue weighted by atomic mass is 127. The maximum Gasteiger partial charge on any atom is 0.267 e. The number of alkyl halides is 2. The van der Waals surface area contributed by atoms with Crippen LogP contribution >= 0.6 is 22.6 Å². The van der Waals surface area contributed by atoms with Crippen molar-refractivity contribution < 1.29 is 18.3 Å². The average molecular weight is 368 g/mol. The first kappa shape index (κ1) is 13.4. The Morgan fingerprint density at radius 2 is 2.33 bits per heavy atom. The molecule has 1 fully saturated rings. The fraction of sp³-hybridized carbons (Fsp3) is 0.455. The number of nitrogens with zero attached hydrogens (tertiary/aromatic N) is 2. The summed E-state index contributed by atoms with van der Waals surface area (Å²) in [6, 6.07) is 1.64. The minimum atomic E-state index is -2.80. The van der Waals surface area contributed by atoms with Crippen molar-refractivity contribution in [2.75, 3.05) is 20.2 Å². The number of rotatable bonds is 2. The van der Waals surface area contributed by atoms with Crippen LogP contribution < -0.4 is 4.74 Å². The molecule has 2 rings (SSSR count). The van der Waals surface area contributed by atoms with Crippen molar-refractivity contribution >= 4 is 28.5 Å². The van der Waals surface area contributed by atoms with E-state index in [4.69, 9.17) is 4.74 Å². The monoisotopic (exact) mass is 368 g/mol. The molecule has 18 heavy (non-hydrogen) atoms. The fourth-order valence-electron chi connectivity index (χ4n) is 1.84. The van der Waals surface area contributed by atoms with Gasteiger partial charge in [-0.15, -0.1) is 0 Å².